The van der Waals surface area contributed by atoms with Crippen LogP contribution in [-0.4, -0.2) is 15.1 Å². The number of aromatic hydroxyl groups is 1. The lowest BCUT2D eigenvalue weighted by Gasteiger charge is -2.04. The Labute approximate surface area is 87.4 Å². The van der Waals surface area contributed by atoms with Gasteiger partial charge in [0, 0.05) is 18.3 Å². The van der Waals surface area contributed by atoms with Crippen LogP contribution in [0.15, 0.2) is 36.7 Å². The molecule has 0 unspecified atom stereocenters. The number of hydrogen-bond donors (Lipinski definition) is 2. The van der Waals surface area contributed by atoms with Crippen molar-refractivity contribution in [2.24, 2.45) is 5.73 Å². The largest absolute Gasteiger partial charge is 0.506 e. The Morgan fingerprint density at radius 1 is 1.20 bits per heavy atom. The molecule has 15 heavy (non-hydrogen) atoms. The number of aromatic nitrogens is 2. The molecular formula is C11H11N3O. The van der Waals surface area contributed by atoms with Crippen LogP contribution in [0.5, 0.6) is 5.75 Å². The SMILES string of the molecule is NCc1cc(-c2ccccn2)ncc1O. The van der Waals surface area contributed by atoms with Crippen LogP contribution in [0.1, 0.15) is 5.56 Å². The molecule has 0 aromatic carbocycles. The second-order valence-corrected chi connectivity index (χ2v) is 3.12. The van der Waals surface area contributed by atoms with E-state index in [0.29, 0.717) is 11.3 Å². The lowest BCUT2D eigenvalue weighted by molar-refractivity contribution is 0.466. The normalized spacial score (nSPS) is 10.2. The zero-order valence-electron chi connectivity index (χ0n) is 8.09. The zero-order valence-corrected chi connectivity index (χ0v) is 8.09. The van der Waals surface area contributed by atoms with Crippen molar-refractivity contribution in [1.82, 2.24) is 9.97 Å². The van der Waals surface area contributed by atoms with Gasteiger partial charge in [0.2, 0.25) is 0 Å². The molecule has 0 atom stereocenters. The van der Waals surface area contributed by atoms with Gasteiger partial charge < -0.3 is 10.8 Å². The average Bonchev–Trinajstić information content (AvgIpc) is 2.31. The van der Waals surface area contributed by atoms with Crippen LogP contribution in [0.25, 0.3) is 11.4 Å². The molecule has 4 heteroatoms. The van der Waals surface area contributed by atoms with Crippen LogP contribution in [0, 0.1) is 0 Å². The van der Waals surface area contributed by atoms with Crippen LogP contribution in [-0.2, 0) is 6.54 Å². The second kappa shape index (κ2) is 4.06. The first-order valence-electron chi connectivity index (χ1n) is 4.60. The maximum absolute atomic E-state index is 9.42. The van der Waals surface area contributed by atoms with Crippen molar-refractivity contribution in [2.75, 3.05) is 0 Å². The van der Waals surface area contributed by atoms with Gasteiger partial charge in [-0.25, -0.2) is 0 Å². The summed E-state index contributed by atoms with van der Waals surface area (Å²) >= 11 is 0. The fraction of sp³-hybridized carbons (Fsp3) is 0.0909. The van der Waals surface area contributed by atoms with Gasteiger partial charge in [0.05, 0.1) is 17.6 Å². The first-order chi connectivity index (χ1) is 7.31. The summed E-state index contributed by atoms with van der Waals surface area (Å²) in [5, 5.41) is 9.42. The van der Waals surface area contributed by atoms with E-state index in [-0.39, 0.29) is 12.3 Å². The van der Waals surface area contributed by atoms with Gasteiger partial charge in [-0.3, -0.25) is 9.97 Å². The number of nitrogens with zero attached hydrogens (tertiary/aromatic N) is 2. The smallest absolute Gasteiger partial charge is 0.138 e. The summed E-state index contributed by atoms with van der Waals surface area (Å²) in [6, 6.07) is 7.34. The van der Waals surface area contributed by atoms with E-state index in [1.54, 1.807) is 12.3 Å². The van der Waals surface area contributed by atoms with Gasteiger partial charge in [0.1, 0.15) is 5.75 Å². The van der Waals surface area contributed by atoms with Crippen LogP contribution < -0.4 is 5.73 Å². The molecule has 0 amide bonds. The van der Waals surface area contributed by atoms with Crippen molar-refractivity contribution >= 4 is 0 Å². The minimum absolute atomic E-state index is 0.122. The molecule has 2 aromatic heterocycles. The number of hydrogen-bond acceptors (Lipinski definition) is 4. The van der Waals surface area contributed by atoms with Crippen LogP contribution in [0.2, 0.25) is 0 Å². The molecule has 2 heterocycles. The monoisotopic (exact) mass is 201 g/mol. The van der Waals surface area contributed by atoms with Gasteiger partial charge in [-0.2, -0.15) is 0 Å². The van der Waals surface area contributed by atoms with Gasteiger partial charge in [-0.1, -0.05) is 6.07 Å². The molecule has 0 spiro atoms. The molecule has 0 radical (unpaired) electrons. The summed E-state index contributed by atoms with van der Waals surface area (Å²) in [5.41, 5.74) is 7.65. The highest BCUT2D eigenvalue weighted by molar-refractivity contribution is 5.56. The third kappa shape index (κ3) is 1.94. The summed E-state index contributed by atoms with van der Waals surface area (Å²) in [5.74, 6) is 0.122. The average molecular weight is 201 g/mol. The van der Waals surface area contributed by atoms with E-state index in [4.69, 9.17) is 5.73 Å². The van der Waals surface area contributed by atoms with E-state index < -0.39 is 0 Å². The van der Waals surface area contributed by atoms with Gasteiger partial charge in [-0.05, 0) is 18.2 Å². The summed E-state index contributed by atoms with van der Waals surface area (Å²) in [6.07, 6.45) is 3.10. The molecule has 0 bridgehead atoms. The molecule has 0 aliphatic heterocycles. The molecular weight excluding hydrogens is 190 g/mol. The Balaban J connectivity index is 2.46. The Morgan fingerprint density at radius 2 is 2.07 bits per heavy atom. The van der Waals surface area contributed by atoms with E-state index in [2.05, 4.69) is 9.97 Å². The fourth-order valence-electron chi connectivity index (χ4n) is 1.31. The Hall–Kier alpha value is -1.94. The van der Waals surface area contributed by atoms with Crippen molar-refractivity contribution in [2.45, 2.75) is 6.54 Å². The predicted molar refractivity (Wildman–Crippen MR) is 57.0 cm³/mol. The van der Waals surface area contributed by atoms with Gasteiger partial charge in [0.25, 0.3) is 0 Å². The van der Waals surface area contributed by atoms with Gasteiger partial charge in [-0.15, -0.1) is 0 Å². The fourth-order valence-corrected chi connectivity index (χ4v) is 1.31. The highest BCUT2D eigenvalue weighted by Gasteiger charge is 2.04. The summed E-state index contributed by atoms with van der Waals surface area (Å²) in [6.45, 7) is 0.286. The van der Waals surface area contributed by atoms with Crippen molar-refractivity contribution in [3.63, 3.8) is 0 Å². The van der Waals surface area contributed by atoms with E-state index in [9.17, 15) is 5.11 Å². The summed E-state index contributed by atoms with van der Waals surface area (Å²) < 4.78 is 0. The lowest BCUT2D eigenvalue weighted by atomic mass is 10.1. The quantitative estimate of drug-likeness (QED) is 0.768. The van der Waals surface area contributed by atoms with Gasteiger partial charge >= 0.3 is 0 Å². The highest BCUT2D eigenvalue weighted by atomic mass is 16.3. The standard InChI is InChI=1S/C11H11N3O/c12-6-8-5-10(14-7-11(8)15)9-3-1-2-4-13-9/h1-5,7,15H,6,12H2. The third-order valence-corrected chi connectivity index (χ3v) is 2.11. The molecule has 0 saturated heterocycles. The van der Waals surface area contributed by atoms with Gasteiger partial charge in [0.15, 0.2) is 0 Å². The van der Waals surface area contributed by atoms with E-state index in [0.717, 1.165) is 5.69 Å². The van der Waals surface area contributed by atoms with Crippen molar-refractivity contribution in [1.29, 1.82) is 0 Å². The van der Waals surface area contributed by atoms with Crippen LogP contribution in [0.3, 0.4) is 0 Å². The minimum atomic E-state index is 0.122. The molecule has 0 fully saturated rings. The molecule has 0 saturated carbocycles. The molecule has 0 aliphatic rings. The number of rotatable bonds is 2. The molecule has 4 nitrogen and oxygen atoms in total. The summed E-state index contributed by atoms with van der Waals surface area (Å²) in [4.78, 5) is 8.26. The lowest BCUT2D eigenvalue weighted by Crippen LogP contribution is -1.98. The molecule has 76 valence electrons. The van der Waals surface area contributed by atoms with Crippen LogP contribution >= 0.6 is 0 Å². The van der Waals surface area contributed by atoms with E-state index in [1.807, 2.05) is 18.2 Å². The zero-order chi connectivity index (χ0) is 10.7. The number of pyridine rings is 2. The minimum Gasteiger partial charge on any atom is -0.506 e. The van der Waals surface area contributed by atoms with Crippen molar-refractivity contribution in [3.8, 4) is 17.1 Å². The van der Waals surface area contributed by atoms with E-state index >= 15 is 0 Å². The molecule has 0 aliphatic carbocycles. The molecule has 2 aromatic rings. The first kappa shape index (κ1) is 9.61. The van der Waals surface area contributed by atoms with Crippen molar-refractivity contribution < 1.29 is 5.11 Å². The second-order valence-electron chi connectivity index (χ2n) is 3.12. The van der Waals surface area contributed by atoms with E-state index in [1.165, 1.54) is 6.20 Å². The third-order valence-electron chi connectivity index (χ3n) is 2.11. The highest BCUT2D eigenvalue weighted by Crippen LogP contribution is 2.21. The van der Waals surface area contributed by atoms with Crippen molar-refractivity contribution in [3.05, 3.63) is 42.2 Å². The molecule has 3 N–H and O–H groups in total. The Kier molecular flexibility index (Phi) is 2.60. The maximum atomic E-state index is 9.42. The topological polar surface area (TPSA) is 72.0 Å². The summed E-state index contributed by atoms with van der Waals surface area (Å²) in [7, 11) is 0. The van der Waals surface area contributed by atoms with Crippen LogP contribution in [0.4, 0.5) is 0 Å². The number of nitrogens with two attached hydrogens (primary N) is 1. The Bertz CT molecular complexity index is 457. The maximum Gasteiger partial charge on any atom is 0.138 e. The predicted octanol–water partition coefficient (Wildman–Crippen LogP) is 1.31. The first-order valence-corrected chi connectivity index (χ1v) is 4.60. The Morgan fingerprint density at radius 3 is 2.73 bits per heavy atom. The molecule has 2 rings (SSSR count).